The molecule has 0 saturated heterocycles. The smallest absolute Gasteiger partial charge is 0.142 e. The summed E-state index contributed by atoms with van der Waals surface area (Å²) in [7, 11) is 1.60. The minimum absolute atomic E-state index is 0.425. The number of nitrogens with zero attached hydrogens (tertiary/aromatic N) is 2. The SMILES string of the molecule is COc1cc2nc(-c3nc(C(C)C)cs3)ccc2cc1Cl. The van der Waals surface area contributed by atoms with Crippen molar-refractivity contribution in [3.8, 4) is 16.5 Å². The topological polar surface area (TPSA) is 35.0 Å². The van der Waals surface area contributed by atoms with Crippen molar-refractivity contribution >= 4 is 33.8 Å². The van der Waals surface area contributed by atoms with Gasteiger partial charge in [-0.15, -0.1) is 11.3 Å². The van der Waals surface area contributed by atoms with E-state index >= 15 is 0 Å². The number of methoxy groups -OCH3 is 1. The molecular weight excluding hydrogens is 304 g/mol. The highest BCUT2D eigenvalue weighted by Gasteiger charge is 2.10. The van der Waals surface area contributed by atoms with Gasteiger partial charge in [0.1, 0.15) is 10.8 Å². The second-order valence-corrected chi connectivity index (χ2v) is 6.37. The predicted molar refractivity (Wildman–Crippen MR) is 88.5 cm³/mol. The number of ether oxygens (including phenoxy) is 1. The van der Waals surface area contributed by atoms with Crippen LogP contribution in [0.25, 0.3) is 21.6 Å². The first-order chi connectivity index (χ1) is 10.1. The average Bonchev–Trinajstić information content (AvgIpc) is 2.96. The zero-order chi connectivity index (χ0) is 15.0. The van der Waals surface area contributed by atoms with E-state index in [9.17, 15) is 0 Å². The number of pyridine rings is 1. The van der Waals surface area contributed by atoms with Crippen LogP contribution in [-0.2, 0) is 0 Å². The van der Waals surface area contributed by atoms with Gasteiger partial charge < -0.3 is 4.74 Å². The number of benzene rings is 1. The van der Waals surface area contributed by atoms with Crippen LogP contribution >= 0.6 is 22.9 Å². The minimum Gasteiger partial charge on any atom is -0.495 e. The van der Waals surface area contributed by atoms with Crippen molar-refractivity contribution < 1.29 is 4.74 Å². The average molecular weight is 319 g/mol. The van der Waals surface area contributed by atoms with Crippen LogP contribution in [0, 0.1) is 0 Å². The van der Waals surface area contributed by atoms with Crippen molar-refractivity contribution in [2.75, 3.05) is 7.11 Å². The van der Waals surface area contributed by atoms with E-state index in [1.807, 2.05) is 24.3 Å². The number of rotatable bonds is 3. The van der Waals surface area contributed by atoms with Crippen LogP contribution in [0.1, 0.15) is 25.5 Å². The lowest BCUT2D eigenvalue weighted by atomic mass is 10.1. The first-order valence-corrected chi connectivity index (χ1v) is 7.94. The predicted octanol–water partition coefficient (Wildman–Crippen LogP) is 5.14. The summed E-state index contributed by atoms with van der Waals surface area (Å²) in [6, 6.07) is 7.72. The molecule has 0 atom stereocenters. The Labute approximate surface area is 132 Å². The van der Waals surface area contributed by atoms with E-state index in [1.165, 1.54) is 0 Å². The Kier molecular flexibility index (Phi) is 3.83. The Morgan fingerprint density at radius 1 is 1.19 bits per heavy atom. The maximum Gasteiger partial charge on any atom is 0.142 e. The number of hydrogen-bond acceptors (Lipinski definition) is 4. The van der Waals surface area contributed by atoms with Crippen LogP contribution < -0.4 is 4.74 Å². The highest BCUT2D eigenvalue weighted by Crippen LogP contribution is 2.31. The van der Waals surface area contributed by atoms with Crippen LogP contribution in [0.15, 0.2) is 29.6 Å². The molecule has 0 saturated carbocycles. The molecule has 3 nitrogen and oxygen atoms in total. The molecule has 1 aromatic carbocycles. The molecule has 0 spiro atoms. The molecule has 2 aromatic heterocycles. The summed E-state index contributed by atoms with van der Waals surface area (Å²) < 4.78 is 5.25. The second-order valence-electron chi connectivity index (χ2n) is 5.11. The maximum atomic E-state index is 6.14. The Hall–Kier alpha value is -1.65. The van der Waals surface area contributed by atoms with Crippen LogP contribution in [0.5, 0.6) is 5.75 Å². The fourth-order valence-electron chi connectivity index (χ4n) is 2.07. The Morgan fingerprint density at radius 3 is 2.67 bits per heavy atom. The van der Waals surface area contributed by atoms with Gasteiger partial charge in [0, 0.05) is 16.8 Å². The molecule has 5 heteroatoms. The van der Waals surface area contributed by atoms with Crippen molar-refractivity contribution in [2.45, 2.75) is 19.8 Å². The third-order valence-corrected chi connectivity index (χ3v) is 4.47. The summed E-state index contributed by atoms with van der Waals surface area (Å²) >= 11 is 7.76. The highest BCUT2D eigenvalue weighted by atomic mass is 35.5. The van der Waals surface area contributed by atoms with Crippen LogP contribution in [0.4, 0.5) is 0 Å². The van der Waals surface area contributed by atoms with Gasteiger partial charge in [0.15, 0.2) is 0 Å². The standard InChI is InChI=1S/C16H15ClN2OS/c1-9(2)14-8-21-16(19-14)12-5-4-10-6-11(17)15(20-3)7-13(10)18-12/h4-9H,1-3H3. The van der Waals surface area contributed by atoms with Crippen molar-refractivity contribution in [3.05, 3.63) is 40.4 Å². The monoisotopic (exact) mass is 318 g/mol. The lowest BCUT2D eigenvalue weighted by Crippen LogP contribution is -1.90. The molecule has 2 heterocycles. The van der Waals surface area contributed by atoms with Gasteiger partial charge in [0.25, 0.3) is 0 Å². The molecule has 108 valence electrons. The zero-order valence-electron chi connectivity index (χ0n) is 12.1. The molecule has 0 unspecified atom stereocenters. The summed E-state index contributed by atoms with van der Waals surface area (Å²) in [6.45, 7) is 4.28. The first kappa shape index (κ1) is 14.3. The maximum absolute atomic E-state index is 6.14. The van der Waals surface area contributed by atoms with Crippen molar-refractivity contribution in [2.24, 2.45) is 0 Å². The van der Waals surface area contributed by atoms with Gasteiger partial charge in [-0.2, -0.15) is 0 Å². The molecule has 3 rings (SSSR count). The van der Waals surface area contributed by atoms with E-state index in [1.54, 1.807) is 18.4 Å². The molecule has 0 aliphatic rings. The van der Waals surface area contributed by atoms with E-state index in [2.05, 4.69) is 29.2 Å². The number of halogens is 1. The van der Waals surface area contributed by atoms with Crippen LogP contribution in [0.3, 0.4) is 0 Å². The lowest BCUT2D eigenvalue weighted by Gasteiger charge is -2.06. The van der Waals surface area contributed by atoms with E-state index in [0.717, 1.165) is 27.3 Å². The Balaban J connectivity index is 2.09. The first-order valence-electron chi connectivity index (χ1n) is 6.68. The summed E-state index contributed by atoms with van der Waals surface area (Å²) in [5, 5.41) is 4.62. The van der Waals surface area contributed by atoms with Gasteiger partial charge in [0.05, 0.1) is 29.0 Å². The summed E-state index contributed by atoms with van der Waals surface area (Å²) in [5.41, 5.74) is 2.84. The molecule has 0 radical (unpaired) electrons. The van der Waals surface area contributed by atoms with Gasteiger partial charge in [-0.25, -0.2) is 9.97 Å². The number of thiazole rings is 1. The van der Waals surface area contributed by atoms with Gasteiger partial charge >= 0.3 is 0 Å². The van der Waals surface area contributed by atoms with E-state index in [0.29, 0.717) is 16.7 Å². The Bertz CT molecular complexity index is 798. The van der Waals surface area contributed by atoms with Crippen molar-refractivity contribution in [1.29, 1.82) is 0 Å². The normalized spacial score (nSPS) is 11.3. The van der Waals surface area contributed by atoms with Crippen LogP contribution in [-0.4, -0.2) is 17.1 Å². The molecule has 3 aromatic rings. The lowest BCUT2D eigenvalue weighted by molar-refractivity contribution is 0.415. The van der Waals surface area contributed by atoms with Gasteiger partial charge in [-0.3, -0.25) is 0 Å². The summed E-state index contributed by atoms with van der Waals surface area (Å²) in [5.74, 6) is 1.06. The van der Waals surface area contributed by atoms with E-state index in [4.69, 9.17) is 16.3 Å². The largest absolute Gasteiger partial charge is 0.495 e. The molecule has 0 aliphatic heterocycles. The molecule has 0 aliphatic carbocycles. The Morgan fingerprint density at radius 2 is 2.00 bits per heavy atom. The van der Waals surface area contributed by atoms with Gasteiger partial charge in [-0.1, -0.05) is 31.5 Å². The van der Waals surface area contributed by atoms with E-state index in [-0.39, 0.29) is 0 Å². The van der Waals surface area contributed by atoms with Crippen LogP contribution in [0.2, 0.25) is 5.02 Å². The number of aromatic nitrogens is 2. The highest BCUT2D eigenvalue weighted by molar-refractivity contribution is 7.13. The fourth-order valence-corrected chi connectivity index (χ4v) is 3.27. The zero-order valence-corrected chi connectivity index (χ0v) is 13.6. The summed E-state index contributed by atoms with van der Waals surface area (Å²) in [6.07, 6.45) is 0. The minimum atomic E-state index is 0.425. The number of fused-ring (bicyclic) bond motifs is 1. The third kappa shape index (κ3) is 2.74. The second kappa shape index (κ2) is 5.62. The van der Waals surface area contributed by atoms with Crippen molar-refractivity contribution in [3.63, 3.8) is 0 Å². The quantitative estimate of drug-likeness (QED) is 0.670. The molecule has 21 heavy (non-hydrogen) atoms. The van der Waals surface area contributed by atoms with Gasteiger partial charge in [0.2, 0.25) is 0 Å². The number of hydrogen-bond donors (Lipinski definition) is 0. The molecule has 0 bridgehead atoms. The van der Waals surface area contributed by atoms with Crippen molar-refractivity contribution in [1.82, 2.24) is 9.97 Å². The van der Waals surface area contributed by atoms with E-state index < -0.39 is 0 Å². The third-order valence-electron chi connectivity index (χ3n) is 3.30. The summed E-state index contributed by atoms with van der Waals surface area (Å²) in [4.78, 5) is 9.32. The molecule has 0 fully saturated rings. The fraction of sp³-hybridized carbons (Fsp3) is 0.250. The molecule has 0 amide bonds. The van der Waals surface area contributed by atoms with Gasteiger partial charge in [-0.05, 0) is 18.1 Å². The molecule has 0 N–H and O–H groups in total. The molecular formula is C16H15ClN2OS.